The number of piperidine rings is 1. The third-order valence-electron chi connectivity index (χ3n) is 4.60. The number of hydrogen-bond acceptors (Lipinski definition) is 5. The average molecular weight is 336 g/mol. The molecule has 1 amide bonds. The highest BCUT2D eigenvalue weighted by Gasteiger charge is 2.24. The molecule has 0 bridgehead atoms. The van der Waals surface area contributed by atoms with Gasteiger partial charge in [-0.1, -0.05) is 24.3 Å². The monoisotopic (exact) mass is 336 g/mol. The van der Waals surface area contributed by atoms with Crippen LogP contribution in [0.1, 0.15) is 23.3 Å². The highest BCUT2D eigenvalue weighted by molar-refractivity contribution is 6.04. The molecule has 1 unspecified atom stereocenters. The molecule has 1 atom stereocenters. The first-order valence-corrected chi connectivity index (χ1v) is 8.45. The molecule has 7 heteroatoms. The largest absolute Gasteiger partial charge is 0.367 e. The fourth-order valence-electron chi connectivity index (χ4n) is 3.35. The fourth-order valence-corrected chi connectivity index (χ4v) is 3.35. The van der Waals surface area contributed by atoms with Crippen LogP contribution in [-0.2, 0) is 7.05 Å². The quantitative estimate of drug-likeness (QED) is 0.789. The topological polar surface area (TPSA) is 75.9 Å². The van der Waals surface area contributed by atoms with Crippen LogP contribution in [0.25, 0.3) is 10.8 Å². The summed E-state index contributed by atoms with van der Waals surface area (Å²) in [6.45, 7) is 1.75. The van der Waals surface area contributed by atoms with Gasteiger partial charge in [-0.05, 0) is 12.8 Å². The maximum atomic E-state index is 12.7. The molecule has 0 saturated carbocycles. The second-order valence-corrected chi connectivity index (χ2v) is 6.41. The number of carbonyl (C=O) groups is 1. The highest BCUT2D eigenvalue weighted by atomic mass is 16.2. The van der Waals surface area contributed by atoms with Gasteiger partial charge in [-0.2, -0.15) is 10.2 Å². The molecule has 0 aliphatic carbocycles. The van der Waals surface area contributed by atoms with E-state index < -0.39 is 0 Å². The lowest BCUT2D eigenvalue weighted by atomic mass is 10.0. The Bertz CT molecular complexity index is 900. The van der Waals surface area contributed by atoms with Crippen molar-refractivity contribution >= 4 is 22.4 Å². The lowest BCUT2D eigenvalue weighted by Gasteiger charge is -2.33. The number of amides is 1. The van der Waals surface area contributed by atoms with Crippen LogP contribution in [0.15, 0.2) is 42.9 Å². The summed E-state index contributed by atoms with van der Waals surface area (Å²) in [4.78, 5) is 15.0. The maximum Gasteiger partial charge on any atom is 0.272 e. The molecule has 128 valence electrons. The number of carbonyl (C=O) groups excluding carboxylic acids is 1. The normalized spacial score (nSPS) is 17.6. The van der Waals surface area contributed by atoms with E-state index in [2.05, 4.69) is 25.5 Å². The van der Waals surface area contributed by atoms with Gasteiger partial charge < -0.3 is 10.2 Å². The van der Waals surface area contributed by atoms with Crippen LogP contribution < -0.4 is 10.2 Å². The van der Waals surface area contributed by atoms with Gasteiger partial charge in [-0.15, -0.1) is 5.10 Å². The molecule has 1 aliphatic heterocycles. The van der Waals surface area contributed by atoms with Crippen molar-refractivity contribution in [1.29, 1.82) is 0 Å². The zero-order valence-corrected chi connectivity index (χ0v) is 14.1. The molecule has 2 aromatic heterocycles. The zero-order valence-electron chi connectivity index (χ0n) is 14.1. The van der Waals surface area contributed by atoms with Gasteiger partial charge in [0.1, 0.15) is 0 Å². The molecule has 1 fully saturated rings. The van der Waals surface area contributed by atoms with E-state index in [9.17, 15) is 4.79 Å². The third kappa shape index (κ3) is 3.17. The van der Waals surface area contributed by atoms with E-state index in [4.69, 9.17) is 0 Å². The number of nitrogens with one attached hydrogen (secondary N) is 1. The van der Waals surface area contributed by atoms with Crippen molar-refractivity contribution in [2.24, 2.45) is 7.05 Å². The van der Waals surface area contributed by atoms with E-state index in [1.54, 1.807) is 10.9 Å². The summed E-state index contributed by atoms with van der Waals surface area (Å²) in [5.74, 6) is -0.165. The van der Waals surface area contributed by atoms with E-state index in [0.717, 1.165) is 42.4 Å². The van der Waals surface area contributed by atoms with E-state index >= 15 is 0 Å². The van der Waals surface area contributed by atoms with Gasteiger partial charge >= 0.3 is 0 Å². The van der Waals surface area contributed by atoms with Gasteiger partial charge in [0.2, 0.25) is 0 Å². The van der Waals surface area contributed by atoms with Crippen LogP contribution in [0.4, 0.5) is 5.69 Å². The van der Waals surface area contributed by atoms with Crippen molar-refractivity contribution in [3.05, 3.63) is 48.5 Å². The maximum absolute atomic E-state index is 12.7. The van der Waals surface area contributed by atoms with Crippen molar-refractivity contribution < 1.29 is 4.79 Å². The Morgan fingerprint density at radius 1 is 1.28 bits per heavy atom. The fraction of sp³-hybridized carbons (Fsp3) is 0.333. The van der Waals surface area contributed by atoms with E-state index in [-0.39, 0.29) is 11.9 Å². The number of fused-ring (bicyclic) bond motifs is 1. The standard InChI is InChI=1S/C18H20N6O/c1-23-12-15(10-20-23)24-8-4-6-14(11-24)21-18(25)17-16-7-3-2-5-13(16)9-19-22-17/h2-3,5,7,9-10,12,14H,4,6,8,11H2,1H3,(H,21,25). The zero-order chi connectivity index (χ0) is 17.2. The van der Waals surface area contributed by atoms with Crippen molar-refractivity contribution in [3.63, 3.8) is 0 Å². The summed E-state index contributed by atoms with van der Waals surface area (Å²) >= 11 is 0. The van der Waals surface area contributed by atoms with E-state index in [1.807, 2.05) is 43.7 Å². The minimum Gasteiger partial charge on any atom is -0.367 e. The minimum atomic E-state index is -0.165. The van der Waals surface area contributed by atoms with Gasteiger partial charge in [0, 0.05) is 43.1 Å². The third-order valence-corrected chi connectivity index (χ3v) is 4.60. The highest BCUT2D eigenvalue weighted by Crippen LogP contribution is 2.20. The molecular formula is C18H20N6O. The molecule has 4 rings (SSSR count). The Kier molecular flexibility index (Phi) is 4.05. The average Bonchev–Trinajstić information content (AvgIpc) is 3.08. The van der Waals surface area contributed by atoms with Crippen molar-refractivity contribution in [2.45, 2.75) is 18.9 Å². The smallest absolute Gasteiger partial charge is 0.272 e. The van der Waals surface area contributed by atoms with E-state index in [0.29, 0.717) is 5.69 Å². The van der Waals surface area contributed by atoms with Crippen LogP contribution in [0.5, 0.6) is 0 Å². The summed E-state index contributed by atoms with van der Waals surface area (Å²) in [6.07, 6.45) is 7.53. The molecule has 0 radical (unpaired) electrons. The van der Waals surface area contributed by atoms with Crippen LogP contribution in [0, 0.1) is 0 Å². The van der Waals surface area contributed by atoms with Gasteiger partial charge in [0.25, 0.3) is 5.91 Å². The number of rotatable bonds is 3. The molecule has 3 aromatic rings. The van der Waals surface area contributed by atoms with E-state index in [1.165, 1.54) is 0 Å². The molecule has 1 N–H and O–H groups in total. The Morgan fingerprint density at radius 2 is 2.16 bits per heavy atom. The number of aryl methyl sites for hydroxylation is 1. The Hall–Kier alpha value is -2.96. The second kappa shape index (κ2) is 6.51. The van der Waals surface area contributed by atoms with Crippen LogP contribution in [-0.4, -0.2) is 45.0 Å². The van der Waals surface area contributed by atoms with Crippen LogP contribution in [0.2, 0.25) is 0 Å². The molecule has 25 heavy (non-hydrogen) atoms. The number of hydrogen-bond donors (Lipinski definition) is 1. The number of aromatic nitrogens is 4. The Morgan fingerprint density at radius 3 is 3.00 bits per heavy atom. The number of benzene rings is 1. The molecule has 1 aliphatic rings. The first-order chi connectivity index (χ1) is 12.2. The first-order valence-electron chi connectivity index (χ1n) is 8.45. The molecule has 3 heterocycles. The van der Waals surface area contributed by atoms with Crippen molar-refractivity contribution in [3.8, 4) is 0 Å². The molecule has 0 spiro atoms. The van der Waals surface area contributed by atoms with Gasteiger partial charge in [-0.3, -0.25) is 9.48 Å². The first kappa shape index (κ1) is 15.6. The van der Waals surface area contributed by atoms with Crippen molar-refractivity contribution in [2.75, 3.05) is 18.0 Å². The minimum absolute atomic E-state index is 0.0854. The summed E-state index contributed by atoms with van der Waals surface area (Å²) < 4.78 is 1.79. The van der Waals surface area contributed by atoms with Crippen LogP contribution >= 0.6 is 0 Å². The Balaban J connectivity index is 1.50. The predicted molar refractivity (Wildman–Crippen MR) is 95.4 cm³/mol. The molecule has 7 nitrogen and oxygen atoms in total. The Labute approximate surface area is 145 Å². The number of nitrogens with zero attached hydrogens (tertiary/aromatic N) is 5. The van der Waals surface area contributed by atoms with Gasteiger partial charge in [0.15, 0.2) is 5.69 Å². The number of anilines is 1. The van der Waals surface area contributed by atoms with Gasteiger partial charge in [-0.25, -0.2) is 0 Å². The SMILES string of the molecule is Cn1cc(N2CCCC(NC(=O)c3nncc4ccccc34)C2)cn1. The summed E-state index contributed by atoms with van der Waals surface area (Å²) in [5, 5.41) is 17.1. The van der Waals surface area contributed by atoms with Crippen molar-refractivity contribution in [1.82, 2.24) is 25.3 Å². The lowest BCUT2D eigenvalue weighted by Crippen LogP contribution is -2.48. The second-order valence-electron chi connectivity index (χ2n) is 6.41. The van der Waals surface area contributed by atoms with Crippen LogP contribution in [0.3, 0.4) is 0 Å². The summed E-state index contributed by atoms with van der Waals surface area (Å²) in [5.41, 5.74) is 1.48. The molecular weight excluding hydrogens is 316 g/mol. The molecule has 1 saturated heterocycles. The summed E-state index contributed by atoms with van der Waals surface area (Å²) in [6, 6.07) is 7.76. The lowest BCUT2D eigenvalue weighted by molar-refractivity contribution is 0.0929. The predicted octanol–water partition coefficient (Wildman–Crippen LogP) is 1.76. The van der Waals surface area contributed by atoms with Gasteiger partial charge in [0.05, 0.1) is 18.1 Å². The summed E-state index contributed by atoms with van der Waals surface area (Å²) in [7, 11) is 1.91. The molecule has 1 aromatic carbocycles.